The van der Waals surface area contributed by atoms with Crippen molar-refractivity contribution in [1.29, 1.82) is 0 Å². The van der Waals surface area contributed by atoms with Crippen LogP contribution in [-0.4, -0.2) is 62.2 Å². The van der Waals surface area contributed by atoms with Crippen molar-refractivity contribution in [2.75, 3.05) is 46.4 Å². The number of ether oxygens (including phenoxy) is 1. The molecule has 2 heterocycles. The van der Waals surface area contributed by atoms with Crippen molar-refractivity contribution in [2.24, 2.45) is 0 Å². The van der Waals surface area contributed by atoms with Crippen LogP contribution in [0.2, 0.25) is 5.02 Å². The Morgan fingerprint density at radius 1 is 1.27 bits per heavy atom. The Hall–Kier alpha value is -0.520. The van der Waals surface area contributed by atoms with Crippen LogP contribution in [0.1, 0.15) is 12.0 Å². The minimum atomic E-state index is 0. The summed E-state index contributed by atoms with van der Waals surface area (Å²) in [6.07, 6.45) is 1.29. The van der Waals surface area contributed by atoms with Crippen LogP contribution < -0.4 is 10.1 Å². The lowest BCUT2D eigenvalue weighted by atomic mass is 10.1. The van der Waals surface area contributed by atoms with Crippen molar-refractivity contribution < 1.29 is 4.74 Å². The molecule has 0 aliphatic carbocycles. The summed E-state index contributed by atoms with van der Waals surface area (Å²) in [5.41, 5.74) is 1.18. The summed E-state index contributed by atoms with van der Waals surface area (Å²) < 4.78 is 5.44. The van der Waals surface area contributed by atoms with Crippen molar-refractivity contribution in [3.05, 3.63) is 28.8 Å². The summed E-state index contributed by atoms with van der Waals surface area (Å²) in [7, 11) is 1.72. The summed E-state index contributed by atoms with van der Waals surface area (Å²) in [4.78, 5) is 5.12. The third-order valence-corrected chi connectivity index (χ3v) is 4.83. The van der Waals surface area contributed by atoms with Gasteiger partial charge in [0.2, 0.25) is 0 Å². The van der Waals surface area contributed by atoms with Crippen molar-refractivity contribution in [3.8, 4) is 5.75 Å². The third-order valence-electron chi connectivity index (χ3n) is 4.59. The van der Waals surface area contributed by atoms with E-state index in [1.165, 1.54) is 18.5 Å². The molecular formula is C16H25Cl2N3O. The van der Waals surface area contributed by atoms with Crippen LogP contribution in [0.5, 0.6) is 5.75 Å². The van der Waals surface area contributed by atoms with Crippen LogP contribution in [0.25, 0.3) is 0 Å². The third kappa shape index (κ3) is 4.27. The van der Waals surface area contributed by atoms with Gasteiger partial charge in [0.15, 0.2) is 0 Å². The van der Waals surface area contributed by atoms with E-state index in [1.54, 1.807) is 7.11 Å². The Balaban J connectivity index is 0.00000176. The Morgan fingerprint density at radius 2 is 2.05 bits per heavy atom. The minimum absolute atomic E-state index is 0. The standard InChI is InChI=1S/C16H24ClN3O.ClH/c1-21-16-3-2-14(17)10-13(16)12-19-6-8-20(9-7-19)15-4-5-18-11-15;/h2-3,10,15,18H,4-9,11-12H2,1H3;1H. The van der Waals surface area contributed by atoms with E-state index in [-0.39, 0.29) is 12.4 Å². The molecule has 1 aromatic rings. The summed E-state index contributed by atoms with van der Waals surface area (Å²) in [6, 6.07) is 6.61. The number of methoxy groups -OCH3 is 1. The lowest BCUT2D eigenvalue weighted by molar-refractivity contribution is 0.0976. The minimum Gasteiger partial charge on any atom is -0.496 e. The van der Waals surface area contributed by atoms with E-state index in [0.717, 1.165) is 56.1 Å². The van der Waals surface area contributed by atoms with Gasteiger partial charge in [0, 0.05) is 55.9 Å². The molecule has 2 fully saturated rings. The molecule has 0 saturated carbocycles. The molecule has 22 heavy (non-hydrogen) atoms. The predicted octanol–water partition coefficient (Wildman–Crippen LogP) is 2.25. The molecule has 6 heteroatoms. The number of rotatable bonds is 4. The van der Waals surface area contributed by atoms with Crippen LogP contribution >= 0.6 is 24.0 Å². The molecule has 0 bridgehead atoms. The molecule has 4 nitrogen and oxygen atoms in total. The average molecular weight is 346 g/mol. The highest BCUT2D eigenvalue weighted by Gasteiger charge is 2.26. The maximum Gasteiger partial charge on any atom is 0.123 e. The van der Waals surface area contributed by atoms with Gasteiger partial charge < -0.3 is 10.1 Å². The van der Waals surface area contributed by atoms with Crippen LogP contribution in [0.3, 0.4) is 0 Å². The quantitative estimate of drug-likeness (QED) is 0.905. The predicted molar refractivity (Wildman–Crippen MR) is 93.4 cm³/mol. The number of piperazine rings is 1. The van der Waals surface area contributed by atoms with E-state index in [9.17, 15) is 0 Å². The molecule has 3 rings (SSSR count). The van der Waals surface area contributed by atoms with Crippen LogP contribution in [0.15, 0.2) is 18.2 Å². The van der Waals surface area contributed by atoms with E-state index in [0.29, 0.717) is 0 Å². The van der Waals surface area contributed by atoms with Gasteiger partial charge in [-0.25, -0.2) is 0 Å². The number of hydrogen-bond donors (Lipinski definition) is 1. The summed E-state index contributed by atoms with van der Waals surface area (Å²) in [5.74, 6) is 0.932. The van der Waals surface area contributed by atoms with E-state index in [4.69, 9.17) is 16.3 Å². The van der Waals surface area contributed by atoms with Crippen molar-refractivity contribution in [1.82, 2.24) is 15.1 Å². The second-order valence-corrected chi connectivity index (χ2v) is 6.35. The Kier molecular flexibility index (Phi) is 6.78. The molecule has 2 aliphatic rings. The van der Waals surface area contributed by atoms with E-state index < -0.39 is 0 Å². The van der Waals surface area contributed by atoms with Crippen LogP contribution in [-0.2, 0) is 6.54 Å². The summed E-state index contributed by atoms with van der Waals surface area (Å²) >= 11 is 6.11. The lowest BCUT2D eigenvalue weighted by Gasteiger charge is -2.38. The van der Waals surface area contributed by atoms with E-state index >= 15 is 0 Å². The van der Waals surface area contributed by atoms with E-state index in [1.807, 2.05) is 18.2 Å². The van der Waals surface area contributed by atoms with Gasteiger partial charge in [-0.05, 0) is 31.2 Å². The first-order valence-corrected chi connectivity index (χ1v) is 8.13. The first-order chi connectivity index (χ1) is 10.3. The summed E-state index contributed by atoms with van der Waals surface area (Å²) in [5, 5.41) is 4.23. The van der Waals surface area contributed by atoms with Gasteiger partial charge in [-0.2, -0.15) is 0 Å². The SMILES string of the molecule is COc1ccc(Cl)cc1CN1CCN(C2CCNC2)CC1.Cl. The fourth-order valence-electron chi connectivity index (χ4n) is 3.35. The molecular weight excluding hydrogens is 321 g/mol. The highest BCUT2D eigenvalue weighted by atomic mass is 35.5. The summed E-state index contributed by atoms with van der Waals surface area (Å²) in [6.45, 7) is 7.80. The topological polar surface area (TPSA) is 27.7 Å². The number of halogens is 2. The van der Waals surface area contributed by atoms with Gasteiger partial charge in [-0.3, -0.25) is 9.80 Å². The van der Waals surface area contributed by atoms with Crippen molar-refractivity contribution in [2.45, 2.75) is 19.0 Å². The Morgan fingerprint density at radius 3 is 2.68 bits per heavy atom. The van der Waals surface area contributed by atoms with Gasteiger partial charge >= 0.3 is 0 Å². The molecule has 0 amide bonds. The largest absolute Gasteiger partial charge is 0.496 e. The van der Waals surface area contributed by atoms with Gasteiger partial charge in [-0.15, -0.1) is 12.4 Å². The average Bonchev–Trinajstić information content (AvgIpc) is 3.03. The Labute approximate surface area is 144 Å². The van der Waals surface area contributed by atoms with E-state index in [2.05, 4.69) is 15.1 Å². The zero-order valence-electron chi connectivity index (χ0n) is 13.1. The molecule has 1 aromatic carbocycles. The molecule has 0 radical (unpaired) electrons. The number of nitrogens with one attached hydrogen (secondary N) is 1. The van der Waals surface area contributed by atoms with Crippen LogP contribution in [0.4, 0.5) is 0 Å². The molecule has 0 spiro atoms. The van der Waals surface area contributed by atoms with Crippen LogP contribution in [0, 0.1) is 0 Å². The highest BCUT2D eigenvalue weighted by molar-refractivity contribution is 6.30. The monoisotopic (exact) mass is 345 g/mol. The Bertz CT molecular complexity index is 472. The first kappa shape index (κ1) is 17.8. The first-order valence-electron chi connectivity index (χ1n) is 7.76. The fourth-order valence-corrected chi connectivity index (χ4v) is 3.54. The maximum atomic E-state index is 6.11. The highest BCUT2D eigenvalue weighted by Crippen LogP contribution is 2.24. The molecule has 2 aliphatic heterocycles. The lowest BCUT2D eigenvalue weighted by Crippen LogP contribution is -2.50. The molecule has 0 aromatic heterocycles. The maximum absolute atomic E-state index is 6.11. The van der Waals surface area contributed by atoms with Crippen molar-refractivity contribution >= 4 is 24.0 Å². The number of hydrogen-bond acceptors (Lipinski definition) is 4. The van der Waals surface area contributed by atoms with Gasteiger partial charge in [0.25, 0.3) is 0 Å². The molecule has 1 atom stereocenters. The smallest absolute Gasteiger partial charge is 0.123 e. The number of benzene rings is 1. The molecule has 1 unspecified atom stereocenters. The molecule has 124 valence electrons. The van der Waals surface area contributed by atoms with Gasteiger partial charge in [0.1, 0.15) is 5.75 Å². The zero-order valence-corrected chi connectivity index (χ0v) is 14.6. The molecule has 1 N–H and O–H groups in total. The normalized spacial score (nSPS) is 23.3. The number of nitrogens with zero attached hydrogens (tertiary/aromatic N) is 2. The van der Waals surface area contributed by atoms with Gasteiger partial charge in [0.05, 0.1) is 7.11 Å². The molecule has 2 saturated heterocycles. The second kappa shape index (κ2) is 8.37. The second-order valence-electron chi connectivity index (χ2n) is 5.91. The van der Waals surface area contributed by atoms with Crippen molar-refractivity contribution in [3.63, 3.8) is 0 Å². The fraction of sp³-hybridized carbons (Fsp3) is 0.625. The zero-order chi connectivity index (χ0) is 14.7. The van der Waals surface area contributed by atoms with Gasteiger partial charge in [-0.1, -0.05) is 11.6 Å².